The van der Waals surface area contributed by atoms with Gasteiger partial charge in [0.2, 0.25) is 11.8 Å². The van der Waals surface area contributed by atoms with Crippen molar-refractivity contribution in [3.8, 4) is 0 Å². The number of benzene rings is 1. The third-order valence-electron chi connectivity index (χ3n) is 3.75. The van der Waals surface area contributed by atoms with E-state index in [1.54, 1.807) is 16.7 Å². The van der Waals surface area contributed by atoms with Gasteiger partial charge < -0.3 is 10.2 Å². The predicted octanol–water partition coefficient (Wildman–Crippen LogP) is 3.67. The molecule has 0 bridgehead atoms. The van der Waals surface area contributed by atoms with Gasteiger partial charge in [0, 0.05) is 24.3 Å². The Morgan fingerprint density at radius 3 is 2.68 bits per heavy atom. The smallest absolute Gasteiger partial charge is 0.237 e. The zero-order valence-corrected chi connectivity index (χ0v) is 14.1. The molecule has 4 nitrogen and oxygen atoms in total. The lowest BCUT2D eigenvalue weighted by atomic mass is 10.2. The average molecular weight is 320 g/mol. The zero-order valence-electron chi connectivity index (χ0n) is 13.3. The molecule has 120 valence electrons. The topological polar surface area (TPSA) is 49.4 Å². The number of carbonyl (C=O) groups is 2. The highest BCUT2D eigenvalue weighted by molar-refractivity contribution is 8.00. The first-order valence-corrected chi connectivity index (χ1v) is 8.99. The van der Waals surface area contributed by atoms with E-state index in [-0.39, 0.29) is 17.1 Å². The first-order valence-electron chi connectivity index (χ1n) is 7.94. The Kier molecular flexibility index (Phi) is 6.31. The van der Waals surface area contributed by atoms with Crippen molar-refractivity contribution in [2.75, 3.05) is 22.5 Å². The van der Waals surface area contributed by atoms with Crippen molar-refractivity contribution in [3.05, 3.63) is 24.3 Å². The van der Waals surface area contributed by atoms with Gasteiger partial charge in [0.05, 0.1) is 5.25 Å². The molecule has 0 aromatic heterocycles. The molecule has 22 heavy (non-hydrogen) atoms. The van der Waals surface area contributed by atoms with Gasteiger partial charge in [-0.1, -0.05) is 13.3 Å². The van der Waals surface area contributed by atoms with E-state index in [2.05, 4.69) is 12.2 Å². The maximum Gasteiger partial charge on any atom is 0.237 e. The third kappa shape index (κ3) is 4.50. The molecule has 2 rings (SSSR count). The molecule has 0 radical (unpaired) electrons. The van der Waals surface area contributed by atoms with Crippen LogP contribution in [0, 0.1) is 0 Å². The minimum Gasteiger partial charge on any atom is -0.325 e. The summed E-state index contributed by atoms with van der Waals surface area (Å²) in [5.41, 5.74) is 1.69. The van der Waals surface area contributed by atoms with E-state index >= 15 is 0 Å². The molecule has 1 N–H and O–H groups in total. The Morgan fingerprint density at radius 1 is 1.36 bits per heavy atom. The summed E-state index contributed by atoms with van der Waals surface area (Å²) in [5, 5.41) is 2.88. The van der Waals surface area contributed by atoms with Crippen LogP contribution in [0.2, 0.25) is 0 Å². The maximum absolute atomic E-state index is 12.1. The lowest BCUT2D eigenvalue weighted by molar-refractivity contribution is -0.117. The fourth-order valence-corrected chi connectivity index (χ4v) is 3.39. The van der Waals surface area contributed by atoms with E-state index < -0.39 is 0 Å². The number of nitrogens with zero attached hydrogens (tertiary/aromatic N) is 1. The highest BCUT2D eigenvalue weighted by atomic mass is 32.2. The van der Waals surface area contributed by atoms with Crippen molar-refractivity contribution in [2.24, 2.45) is 0 Å². The summed E-state index contributed by atoms with van der Waals surface area (Å²) in [6, 6.07) is 7.52. The third-order valence-corrected chi connectivity index (χ3v) is 4.99. The van der Waals surface area contributed by atoms with Gasteiger partial charge in [-0.3, -0.25) is 9.59 Å². The van der Waals surface area contributed by atoms with Crippen LogP contribution >= 0.6 is 11.8 Å². The molecule has 1 fully saturated rings. The Morgan fingerprint density at radius 2 is 2.09 bits per heavy atom. The molecular formula is C17H24N2O2S. The molecule has 1 aromatic rings. The molecule has 5 heteroatoms. The van der Waals surface area contributed by atoms with Gasteiger partial charge in [0.15, 0.2) is 0 Å². The van der Waals surface area contributed by atoms with Crippen molar-refractivity contribution < 1.29 is 9.59 Å². The summed E-state index contributed by atoms with van der Waals surface area (Å²) in [4.78, 5) is 25.6. The number of hydrogen-bond donors (Lipinski definition) is 1. The van der Waals surface area contributed by atoms with E-state index in [1.807, 2.05) is 31.2 Å². The van der Waals surface area contributed by atoms with E-state index in [9.17, 15) is 9.59 Å². The van der Waals surface area contributed by atoms with Crippen LogP contribution < -0.4 is 10.2 Å². The summed E-state index contributed by atoms with van der Waals surface area (Å²) in [7, 11) is 0. The van der Waals surface area contributed by atoms with Gasteiger partial charge in [0.1, 0.15) is 0 Å². The normalized spacial score (nSPS) is 15.9. The highest BCUT2D eigenvalue weighted by Crippen LogP contribution is 2.23. The molecule has 1 aromatic carbocycles. The monoisotopic (exact) mass is 320 g/mol. The van der Waals surface area contributed by atoms with Gasteiger partial charge in [-0.25, -0.2) is 0 Å². The van der Waals surface area contributed by atoms with Crippen LogP contribution in [0.4, 0.5) is 11.4 Å². The number of nitrogens with one attached hydrogen (secondary N) is 1. The van der Waals surface area contributed by atoms with Gasteiger partial charge >= 0.3 is 0 Å². The molecule has 0 aliphatic carbocycles. The summed E-state index contributed by atoms with van der Waals surface area (Å²) in [6.45, 7) is 4.88. The second kappa shape index (κ2) is 8.22. The van der Waals surface area contributed by atoms with Crippen LogP contribution in [0.5, 0.6) is 0 Å². The number of thioether (sulfide) groups is 1. The van der Waals surface area contributed by atoms with Crippen LogP contribution in [0.3, 0.4) is 0 Å². The van der Waals surface area contributed by atoms with E-state index in [0.29, 0.717) is 6.42 Å². The summed E-state index contributed by atoms with van der Waals surface area (Å²) >= 11 is 1.69. The minimum atomic E-state index is -0.0496. The number of carbonyl (C=O) groups excluding carboxylic acids is 2. The first-order chi connectivity index (χ1) is 10.6. The summed E-state index contributed by atoms with van der Waals surface area (Å²) < 4.78 is 0. The minimum absolute atomic E-state index is 0.0334. The zero-order chi connectivity index (χ0) is 15.9. The van der Waals surface area contributed by atoms with E-state index in [1.165, 1.54) is 0 Å². The second-order valence-electron chi connectivity index (χ2n) is 5.55. The SMILES string of the molecule is CCCCSC(C)C(=O)Nc1ccc(N2CCCC2=O)cc1. The fraction of sp³-hybridized carbons (Fsp3) is 0.529. The van der Waals surface area contributed by atoms with Gasteiger partial charge in [-0.15, -0.1) is 11.8 Å². The van der Waals surface area contributed by atoms with Crippen LogP contribution in [0.15, 0.2) is 24.3 Å². The van der Waals surface area contributed by atoms with Crippen molar-refractivity contribution in [3.63, 3.8) is 0 Å². The largest absolute Gasteiger partial charge is 0.325 e. The fourth-order valence-electron chi connectivity index (χ4n) is 2.37. The Bertz CT molecular complexity index is 516. The average Bonchev–Trinajstić information content (AvgIpc) is 2.94. The van der Waals surface area contributed by atoms with E-state index in [0.717, 1.165) is 42.9 Å². The molecule has 1 saturated heterocycles. The number of rotatable bonds is 7. The molecular weight excluding hydrogens is 296 g/mol. The van der Waals surface area contributed by atoms with Crippen LogP contribution in [-0.2, 0) is 9.59 Å². The predicted molar refractivity (Wildman–Crippen MR) is 93.5 cm³/mol. The molecule has 1 atom stereocenters. The lowest BCUT2D eigenvalue weighted by Gasteiger charge is -2.16. The van der Waals surface area contributed by atoms with Crippen molar-refractivity contribution >= 4 is 35.0 Å². The molecule has 1 heterocycles. The number of hydrogen-bond acceptors (Lipinski definition) is 3. The summed E-state index contributed by atoms with van der Waals surface area (Å²) in [6.07, 6.45) is 3.84. The van der Waals surface area contributed by atoms with Gasteiger partial charge in [0.25, 0.3) is 0 Å². The molecule has 1 unspecified atom stereocenters. The van der Waals surface area contributed by atoms with Crippen LogP contribution in [-0.4, -0.2) is 29.4 Å². The molecule has 2 amide bonds. The first kappa shape index (κ1) is 16.9. The molecule has 1 aliphatic heterocycles. The number of amides is 2. The quantitative estimate of drug-likeness (QED) is 0.780. The highest BCUT2D eigenvalue weighted by Gasteiger charge is 2.21. The molecule has 1 aliphatic rings. The summed E-state index contributed by atoms with van der Waals surface area (Å²) in [5.74, 6) is 1.23. The van der Waals surface area contributed by atoms with Crippen molar-refractivity contribution in [2.45, 2.75) is 44.8 Å². The van der Waals surface area contributed by atoms with Gasteiger partial charge in [-0.05, 0) is 49.8 Å². The Labute approximate surface area is 136 Å². The van der Waals surface area contributed by atoms with Crippen molar-refractivity contribution in [1.82, 2.24) is 0 Å². The van der Waals surface area contributed by atoms with Crippen LogP contribution in [0.25, 0.3) is 0 Å². The maximum atomic E-state index is 12.1. The second-order valence-corrected chi connectivity index (χ2v) is 7.00. The Hall–Kier alpha value is -1.49. The Balaban J connectivity index is 1.88. The van der Waals surface area contributed by atoms with Crippen LogP contribution in [0.1, 0.15) is 39.5 Å². The van der Waals surface area contributed by atoms with Crippen molar-refractivity contribution in [1.29, 1.82) is 0 Å². The molecule has 0 spiro atoms. The van der Waals surface area contributed by atoms with Gasteiger partial charge in [-0.2, -0.15) is 0 Å². The number of anilines is 2. The molecule has 0 saturated carbocycles. The lowest BCUT2D eigenvalue weighted by Crippen LogP contribution is -2.24. The number of unbranched alkanes of at least 4 members (excludes halogenated alkanes) is 1. The van der Waals surface area contributed by atoms with E-state index in [4.69, 9.17) is 0 Å². The standard InChI is InChI=1S/C17H24N2O2S/c1-3-4-12-22-13(2)17(21)18-14-7-9-15(10-8-14)19-11-5-6-16(19)20/h7-10,13H,3-6,11-12H2,1-2H3,(H,18,21).